The van der Waals surface area contributed by atoms with Crippen molar-refractivity contribution in [3.8, 4) is 0 Å². The molecule has 122 valence electrons. The Morgan fingerprint density at radius 3 is 1.96 bits per heavy atom. The lowest BCUT2D eigenvalue weighted by Gasteiger charge is -2.11. The van der Waals surface area contributed by atoms with E-state index < -0.39 is 0 Å². The average Bonchev–Trinajstić information content (AvgIpc) is 2.67. The van der Waals surface area contributed by atoms with Gasteiger partial charge >= 0.3 is 5.97 Å². The molecule has 0 aliphatic rings. The van der Waals surface area contributed by atoms with E-state index in [1.54, 1.807) is 12.1 Å². The molecule has 0 saturated carbocycles. The highest BCUT2D eigenvalue weighted by Gasteiger charge is 2.13. The summed E-state index contributed by atoms with van der Waals surface area (Å²) in [5, 5.41) is 5.72. The maximum absolute atomic E-state index is 11.6. The maximum atomic E-state index is 11.6. The van der Waals surface area contributed by atoms with Gasteiger partial charge in [0.2, 0.25) is 11.0 Å². The second-order valence-corrected chi connectivity index (χ2v) is 5.79. The van der Waals surface area contributed by atoms with Gasteiger partial charge in [0.1, 0.15) is 0 Å². The minimum absolute atomic E-state index is 0.336. The number of aromatic amines is 1. The minimum atomic E-state index is -0.336. The Balaban J connectivity index is 1.83. The smallest absolute Gasteiger partial charge is 0.337 e. The number of ether oxygens (including phenoxy) is 1. The van der Waals surface area contributed by atoms with E-state index in [1.165, 1.54) is 7.11 Å². The van der Waals surface area contributed by atoms with Gasteiger partial charge in [0.15, 0.2) is 0 Å². The van der Waals surface area contributed by atoms with E-state index in [4.69, 9.17) is 4.74 Å². The molecule has 3 aromatic carbocycles. The molecule has 0 bridgehead atoms. The monoisotopic (exact) mass is 329 g/mol. The Kier molecular flexibility index (Phi) is 3.78. The van der Waals surface area contributed by atoms with Gasteiger partial charge in [0.25, 0.3) is 0 Å². The summed E-state index contributed by atoms with van der Waals surface area (Å²) in [6.07, 6.45) is 0. The van der Waals surface area contributed by atoms with Crippen LogP contribution in [0.15, 0.2) is 72.8 Å². The first-order chi connectivity index (χ1) is 12.3. The zero-order valence-electron chi connectivity index (χ0n) is 13.7. The van der Waals surface area contributed by atoms with Crippen LogP contribution in [-0.4, -0.2) is 13.1 Å². The van der Waals surface area contributed by atoms with Crippen molar-refractivity contribution >= 4 is 39.1 Å². The molecule has 2 N–H and O–H groups in total. The maximum Gasteiger partial charge on any atom is 0.337 e. The number of methoxy groups -OCH3 is 1. The fourth-order valence-electron chi connectivity index (χ4n) is 3.00. The van der Waals surface area contributed by atoms with Gasteiger partial charge in [-0.15, -0.1) is 0 Å². The number of benzene rings is 3. The molecule has 0 radical (unpaired) electrons. The quantitative estimate of drug-likeness (QED) is 0.449. The van der Waals surface area contributed by atoms with E-state index in [0.717, 1.165) is 33.2 Å². The Bertz CT molecular complexity index is 1020. The molecule has 4 nitrogen and oxygen atoms in total. The third-order valence-corrected chi connectivity index (χ3v) is 4.24. The van der Waals surface area contributed by atoms with Gasteiger partial charge in [0.05, 0.1) is 29.1 Å². The number of aromatic nitrogens is 1. The summed E-state index contributed by atoms with van der Waals surface area (Å²) >= 11 is 0. The second kappa shape index (κ2) is 6.24. The molecule has 4 heteroatoms. The van der Waals surface area contributed by atoms with Crippen LogP contribution in [0.4, 0.5) is 11.4 Å². The van der Waals surface area contributed by atoms with Crippen molar-refractivity contribution in [2.75, 3.05) is 12.4 Å². The Labute approximate surface area is 145 Å². The summed E-state index contributed by atoms with van der Waals surface area (Å²) in [6, 6.07) is 23.7. The number of esters is 1. The molecule has 0 fully saturated rings. The summed E-state index contributed by atoms with van der Waals surface area (Å²) < 4.78 is 4.75. The Hall–Kier alpha value is -3.40. The lowest BCUT2D eigenvalue weighted by Crippen LogP contribution is -2.07. The second-order valence-electron chi connectivity index (χ2n) is 5.79. The number of nitrogens with one attached hydrogen (secondary N) is 2. The summed E-state index contributed by atoms with van der Waals surface area (Å²) in [5.41, 5.74) is 4.61. The standard InChI is InChI=1S/C21H16N2O2/c1-25-21(24)14-10-12-15(13-11-14)22-20-16-6-2-4-8-18(16)23-19-9-5-3-7-17(19)20/h2-13H,1H3,(H,22,23)/p+1. The Morgan fingerprint density at radius 1 is 0.840 bits per heavy atom. The van der Waals surface area contributed by atoms with Crippen LogP contribution >= 0.6 is 0 Å². The lowest BCUT2D eigenvalue weighted by atomic mass is 10.1. The number of H-pyrrole nitrogens is 1. The molecule has 1 aromatic heterocycles. The van der Waals surface area contributed by atoms with Crippen molar-refractivity contribution in [1.29, 1.82) is 0 Å². The first kappa shape index (κ1) is 15.1. The van der Waals surface area contributed by atoms with Gasteiger partial charge in [-0.25, -0.2) is 9.78 Å². The number of para-hydroxylation sites is 2. The number of carbonyl (C=O) groups excluding carboxylic acids is 1. The fourth-order valence-corrected chi connectivity index (χ4v) is 3.00. The van der Waals surface area contributed by atoms with E-state index >= 15 is 0 Å². The normalized spacial score (nSPS) is 10.8. The third kappa shape index (κ3) is 2.78. The molecule has 0 atom stereocenters. The van der Waals surface area contributed by atoms with E-state index in [9.17, 15) is 4.79 Å². The number of fused-ring (bicyclic) bond motifs is 2. The molecule has 0 aliphatic heterocycles. The number of anilines is 2. The lowest BCUT2D eigenvalue weighted by molar-refractivity contribution is -0.310. The highest BCUT2D eigenvalue weighted by Crippen LogP contribution is 2.31. The van der Waals surface area contributed by atoms with Crippen LogP contribution in [0, 0.1) is 0 Å². The van der Waals surface area contributed by atoms with Crippen molar-refractivity contribution in [3.63, 3.8) is 0 Å². The average molecular weight is 329 g/mol. The summed E-state index contributed by atoms with van der Waals surface area (Å²) in [6.45, 7) is 0. The molecular formula is C21H17N2O2+. The number of carbonyl (C=O) groups is 1. The predicted molar refractivity (Wildman–Crippen MR) is 99.1 cm³/mol. The van der Waals surface area contributed by atoms with E-state index in [0.29, 0.717) is 5.56 Å². The van der Waals surface area contributed by atoms with Crippen molar-refractivity contribution in [3.05, 3.63) is 78.4 Å². The zero-order chi connectivity index (χ0) is 17.2. The molecule has 1 heterocycles. The largest absolute Gasteiger partial charge is 0.465 e. The molecule has 25 heavy (non-hydrogen) atoms. The minimum Gasteiger partial charge on any atom is -0.465 e. The van der Waals surface area contributed by atoms with Crippen LogP contribution in [0.25, 0.3) is 21.8 Å². The number of rotatable bonds is 3. The fraction of sp³-hybridized carbons (Fsp3) is 0.0476. The molecule has 4 aromatic rings. The highest BCUT2D eigenvalue weighted by molar-refractivity contribution is 6.06. The van der Waals surface area contributed by atoms with Crippen LogP contribution in [0.5, 0.6) is 0 Å². The van der Waals surface area contributed by atoms with Crippen LogP contribution in [0.3, 0.4) is 0 Å². The van der Waals surface area contributed by atoms with Crippen molar-refractivity contribution in [1.82, 2.24) is 0 Å². The SMILES string of the molecule is COC(=O)c1ccc(Nc2c3ccccc3[nH+]c3ccccc23)cc1. The van der Waals surface area contributed by atoms with Crippen molar-refractivity contribution < 1.29 is 14.5 Å². The Morgan fingerprint density at radius 2 is 1.40 bits per heavy atom. The highest BCUT2D eigenvalue weighted by atomic mass is 16.5. The van der Waals surface area contributed by atoms with Crippen LogP contribution < -0.4 is 10.3 Å². The summed E-state index contributed by atoms with van der Waals surface area (Å²) in [5.74, 6) is -0.336. The predicted octanol–water partition coefficient (Wildman–Crippen LogP) is 4.34. The summed E-state index contributed by atoms with van der Waals surface area (Å²) in [4.78, 5) is 15.1. The van der Waals surface area contributed by atoms with Crippen molar-refractivity contribution in [2.45, 2.75) is 0 Å². The molecule has 0 unspecified atom stereocenters. The number of hydrogen-bond donors (Lipinski definition) is 1. The van der Waals surface area contributed by atoms with Crippen LogP contribution in [0.1, 0.15) is 10.4 Å². The van der Waals surface area contributed by atoms with E-state index in [2.05, 4.69) is 34.6 Å². The van der Waals surface area contributed by atoms with Gasteiger partial charge in [0, 0.05) is 17.8 Å². The van der Waals surface area contributed by atoms with Crippen molar-refractivity contribution in [2.24, 2.45) is 0 Å². The van der Waals surface area contributed by atoms with E-state index in [1.807, 2.05) is 36.4 Å². The van der Waals surface area contributed by atoms with Gasteiger partial charge < -0.3 is 10.1 Å². The zero-order valence-corrected chi connectivity index (χ0v) is 13.7. The van der Waals surface area contributed by atoms with Crippen LogP contribution in [0.2, 0.25) is 0 Å². The van der Waals surface area contributed by atoms with E-state index in [-0.39, 0.29) is 5.97 Å². The number of hydrogen-bond acceptors (Lipinski definition) is 3. The first-order valence-corrected chi connectivity index (χ1v) is 8.04. The first-order valence-electron chi connectivity index (χ1n) is 8.04. The molecule has 0 aliphatic carbocycles. The molecule has 0 amide bonds. The third-order valence-electron chi connectivity index (χ3n) is 4.24. The van der Waals surface area contributed by atoms with Gasteiger partial charge in [-0.05, 0) is 36.4 Å². The van der Waals surface area contributed by atoms with Gasteiger partial charge in [-0.2, -0.15) is 0 Å². The van der Waals surface area contributed by atoms with Crippen LogP contribution in [-0.2, 0) is 4.74 Å². The summed E-state index contributed by atoms with van der Waals surface area (Å²) in [7, 11) is 1.38. The number of pyridine rings is 1. The van der Waals surface area contributed by atoms with Gasteiger partial charge in [-0.1, -0.05) is 24.3 Å². The topological polar surface area (TPSA) is 52.5 Å². The van der Waals surface area contributed by atoms with Gasteiger partial charge in [-0.3, -0.25) is 0 Å². The molecule has 0 saturated heterocycles. The molecule has 0 spiro atoms. The molecular weight excluding hydrogens is 312 g/mol. The molecule has 4 rings (SSSR count).